The maximum atomic E-state index is 13.8. The molecule has 2 saturated heterocycles. The SMILES string of the molecule is CC(C)[C@@H]1NC(=O)[C@@H](N2C(=O)C=CC2=O)CNC(=O)OC(C)(C)C(C(=O)Nc2ccc(C[N+]3(C)CCCCC3)cc2)C[C@H](C)NC1=O. The number of nitrogens with one attached hydrogen (secondary N) is 4. The van der Waals surface area contributed by atoms with Gasteiger partial charge in [0.2, 0.25) is 17.7 Å². The molecule has 13 nitrogen and oxygen atoms in total. The Morgan fingerprint density at radius 1 is 0.979 bits per heavy atom. The van der Waals surface area contributed by atoms with E-state index in [1.807, 2.05) is 24.3 Å². The predicted octanol–water partition coefficient (Wildman–Crippen LogP) is 2.22. The predicted molar refractivity (Wildman–Crippen MR) is 174 cm³/mol. The van der Waals surface area contributed by atoms with Crippen molar-refractivity contribution in [1.29, 1.82) is 0 Å². The summed E-state index contributed by atoms with van der Waals surface area (Å²) in [7, 11) is 2.28. The van der Waals surface area contributed by atoms with Crippen molar-refractivity contribution in [2.45, 2.75) is 90.6 Å². The van der Waals surface area contributed by atoms with Crippen molar-refractivity contribution < 1.29 is 38.0 Å². The van der Waals surface area contributed by atoms with Crippen LogP contribution in [0.15, 0.2) is 36.4 Å². The number of carbonyl (C=O) groups excluding carboxylic acids is 6. The number of amides is 6. The summed E-state index contributed by atoms with van der Waals surface area (Å²) < 4.78 is 6.74. The molecule has 256 valence electrons. The number of hydrogen-bond acceptors (Lipinski definition) is 7. The third kappa shape index (κ3) is 8.97. The third-order valence-electron chi connectivity index (χ3n) is 9.32. The van der Waals surface area contributed by atoms with Crippen LogP contribution in [-0.2, 0) is 35.3 Å². The molecule has 1 aromatic rings. The number of cyclic esters (lactones) is 1. The van der Waals surface area contributed by atoms with Crippen LogP contribution in [0.25, 0.3) is 0 Å². The summed E-state index contributed by atoms with van der Waals surface area (Å²) >= 11 is 0. The van der Waals surface area contributed by atoms with Crippen LogP contribution in [-0.4, -0.2) is 95.4 Å². The van der Waals surface area contributed by atoms with Crippen LogP contribution >= 0.6 is 0 Å². The standard InChI is InChI=1S/C34H48N6O7/c1-21(2)29-32(45)36-22(3)18-25(30(43)37-24-12-10-23(11-13-24)20-40(6)16-8-7-9-17-40)34(4,5)47-33(46)35-19-26(31(44)38-29)39-27(41)14-15-28(39)42/h10-15,21-22,25-26,29H,7-9,16-20H2,1-6H3,(H3-,35,36,37,38,43,44,45,46)/p+1/t22-,25?,26-,29-/m0/s1. The second-order valence-electron chi connectivity index (χ2n) is 14.2. The zero-order valence-electron chi connectivity index (χ0n) is 28.3. The zero-order valence-corrected chi connectivity index (χ0v) is 28.3. The molecule has 2 fully saturated rings. The minimum absolute atomic E-state index is 0.121. The van der Waals surface area contributed by atoms with Gasteiger partial charge in [0.05, 0.1) is 32.6 Å². The first-order valence-electron chi connectivity index (χ1n) is 16.4. The summed E-state index contributed by atoms with van der Waals surface area (Å²) in [6.07, 6.45) is 4.97. The van der Waals surface area contributed by atoms with Gasteiger partial charge in [-0.2, -0.15) is 0 Å². The van der Waals surface area contributed by atoms with E-state index >= 15 is 0 Å². The van der Waals surface area contributed by atoms with Gasteiger partial charge in [-0.1, -0.05) is 26.0 Å². The Kier molecular flexibility index (Phi) is 11.1. The molecule has 3 heterocycles. The third-order valence-corrected chi connectivity index (χ3v) is 9.32. The highest BCUT2D eigenvalue weighted by molar-refractivity contribution is 6.15. The fourth-order valence-corrected chi connectivity index (χ4v) is 6.58. The van der Waals surface area contributed by atoms with Crippen molar-refractivity contribution >= 4 is 41.3 Å². The lowest BCUT2D eigenvalue weighted by Gasteiger charge is -2.38. The van der Waals surface area contributed by atoms with Gasteiger partial charge in [-0.3, -0.25) is 28.9 Å². The number of piperidine rings is 1. The fourth-order valence-electron chi connectivity index (χ4n) is 6.58. The van der Waals surface area contributed by atoms with Gasteiger partial charge in [-0.25, -0.2) is 4.79 Å². The molecule has 3 aliphatic rings. The molecule has 4 rings (SSSR count). The summed E-state index contributed by atoms with van der Waals surface area (Å²) in [5.74, 6) is -4.39. The van der Waals surface area contributed by atoms with Gasteiger partial charge in [0.1, 0.15) is 24.2 Å². The summed E-state index contributed by atoms with van der Waals surface area (Å²) in [6, 6.07) is 4.73. The van der Waals surface area contributed by atoms with E-state index in [0.717, 1.165) is 41.2 Å². The molecule has 0 spiro atoms. The molecule has 0 bridgehead atoms. The van der Waals surface area contributed by atoms with E-state index in [-0.39, 0.29) is 12.3 Å². The normalized spacial score (nSPS) is 27.0. The van der Waals surface area contributed by atoms with Crippen molar-refractivity contribution in [3.05, 3.63) is 42.0 Å². The highest BCUT2D eigenvalue weighted by Gasteiger charge is 2.42. The van der Waals surface area contributed by atoms with E-state index in [1.165, 1.54) is 24.8 Å². The fraction of sp³-hybridized carbons (Fsp3) is 0.588. The van der Waals surface area contributed by atoms with Crippen LogP contribution in [0.5, 0.6) is 0 Å². The number of nitrogens with zero attached hydrogens (tertiary/aromatic N) is 2. The Morgan fingerprint density at radius 2 is 1.60 bits per heavy atom. The number of rotatable bonds is 6. The van der Waals surface area contributed by atoms with Crippen LogP contribution in [0.1, 0.15) is 65.9 Å². The van der Waals surface area contributed by atoms with Gasteiger partial charge in [0.15, 0.2) is 0 Å². The highest BCUT2D eigenvalue weighted by atomic mass is 16.6. The second kappa shape index (κ2) is 14.7. The van der Waals surface area contributed by atoms with Crippen molar-refractivity contribution in [1.82, 2.24) is 20.9 Å². The van der Waals surface area contributed by atoms with Gasteiger partial charge >= 0.3 is 6.09 Å². The lowest BCUT2D eigenvalue weighted by atomic mass is 9.84. The summed E-state index contributed by atoms with van der Waals surface area (Å²) in [5.41, 5.74) is 0.399. The Bertz CT molecular complexity index is 1380. The van der Waals surface area contributed by atoms with Crippen molar-refractivity contribution in [3.8, 4) is 0 Å². The lowest BCUT2D eigenvalue weighted by Crippen LogP contribution is -2.60. The zero-order chi connectivity index (χ0) is 34.5. The Morgan fingerprint density at radius 3 is 2.19 bits per heavy atom. The molecule has 47 heavy (non-hydrogen) atoms. The Balaban J connectivity index is 1.55. The molecular formula is C34H49N6O7+. The lowest BCUT2D eigenvalue weighted by molar-refractivity contribution is -0.926. The topological polar surface area (TPSA) is 163 Å². The average Bonchev–Trinajstić information content (AvgIpc) is 3.32. The van der Waals surface area contributed by atoms with E-state index in [0.29, 0.717) is 5.69 Å². The second-order valence-corrected chi connectivity index (χ2v) is 14.2. The van der Waals surface area contributed by atoms with E-state index < -0.39 is 71.8 Å². The number of imide groups is 1. The number of ether oxygens (including phenoxy) is 1. The van der Waals surface area contributed by atoms with E-state index in [2.05, 4.69) is 28.3 Å². The van der Waals surface area contributed by atoms with Crippen LogP contribution in [0.3, 0.4) is 0 Å². The van der Waals surface area contributed by atoms with Crippen molar-refractivity contribution in [3.63, 3.8) is 0 Å². The molecule has 4 atom stereocenters. The van der Waals surface area contributed by atoms with Crippen molar-refractivity contribution in [2.75, 3.05) is 32.0 Å². The first kappa shape index (κ1) is 35.6. The summed E-state index contributed by atoms with van der Waals surface area (Å²) in [5, 5.41) is 11.0. The van der Waals surface area contributed by atoms with Crippen molar-refractivity contribution in [2.24, 2.45) is 11.8 Å². The van der Waals surface area contributed by atoms with Gasteiger partial charge in [0, 0.05) is 29.4 Å². The molecule has 6 amide bonds. The minimum Gasteiger partial charge on any atom is -0.443 e. The van der Waals surface area contributed by atoms with Crippen LogP contribution < -0.4 is 21.3 Å². The van der Waals surface area contributed by atoms with Gasteiger partial charge in [-0.15, -0.1) is 0 Å². The quantitative estimate of drug-likeness (QED) is 0.270. The van der Waals surface area contributed by atoms with Crippen LogP contribution in [0.2, 0.25) is 0 Å². The smallest absolute Gasteiger partial charge is 0.407 e. The van der Waals surface area contributed by atoms with E-state index in [9.17, 15) is 28.8 Å². The molecule has 1 aromatic carbocycles. The van der Waals surface area contributed by atoms with Gasteiger partial charge in [0.25, 0.3) is 11.8 Å². The number of benzene rings is 1. The molecule has 4 N–H and O–H groups in total. The minimum atomic E-state index is -1.45. The highest BCUT2D eigenvalue weighted by Crippen LogP contribution is 2.29. The Labute approximate surface area is 276 Å². The molecule has 0 aliphatic carbocycles. The van der Waals surface area contributed by atoms with Gasteiger partial charge in [-0.05, 0) is 64.5 Å². The number of likely N-dealkylation sites (tertiary alicyclic amines) is 1. The number of hydrogen-bond donors (Lipinski definition) is 4. The maximum absolute atomic E-state index is 13.8. The molecule has 0 saturated carbocycles. The summed E-state index contributed by atoms with van der Waals surface area (Å²) in [6.45, 7) is 11.2. The molecule has 0 aromatic heterocycles. The molecule has 13 heteroatoms. The van der Waals surface area contributed by atoms with E-state index in [4.69, 9.17) is 4.74 Å². The molecule has 0 radical (unpaired) electrons. The molecular weight excluding hydrogens is 604 g/mol. The van der Waals surface area contributed by atoms with Crippen LogP contribution in [0, 0.1) is 11.8 Å². The molecule has 3 aliphatic heterocycles. The largest absolute Gasteiger partial charge is 0.443 e. The monoisotopic (exact) mass is 653 g/mol. The first-order valence-corrected chi connectivity index (χ1v) is 16.4. The number of carbonyl (C=O) groups is 6. The number of quaternary nitrogens is 1. The van der Waals surface area contributed by atoms with E-state index in [1.54, 1.807) is 34.6 Å². The first-order chi connectivity index (χ1) is 22.1. The summed E-state index contributed by atoms with van der Waals surface area (Å²) in [4.78, 5) is 79.4. The number of alkyl carbamates (subject to hydrolysis) is 1. The van der Waals surface area contributed by atoms with Crippen LogP contribution in [0.4, 0.5) is 10.5 Å². The number of anilines is 1. The Hall–Kier alpha value is -4.26. The maximum Gasteiger partial charge on any atom is 0.407 e. The van der Waals surface area contributed by atoms with Gasteiger partial charge < -0.3 is 30.5 Å². The molecule has 1 unspecified atom stereocenters. The average molecular weight is 654 g/mol.